The molecule has 9 nitrogen and oxygen atoms in total. The molecule has 1 fully saturated rings. The van der Waals surface area contributed by atoms with Crippen molar-refractivity contribution in [2.24, 2.45) is 0 Å². The number of fused-ring (bicyclic) bond motifs is 5. The molecule has 0 bridgehead atoms. The quantitative estimate of drug-likeness (QED) is 0.367. The maximum Gasteiger partial charge on any atom is 0.418 e. The SMILES string of the molecule is CN(C)CCNC(=O)c1ccc(-c2nc3c(C(F)(F)F)cc4[nH]ncc4c3c3c2CC(N2CCOCC2)CC3)cn1. The lowest BCUT2D eigenvalue weighted by Gasteiger charge is -2.38. The molecule has 1 amide bonds. The number of nitrogens with zero attached hydrogens (tertiary/aromatic N) is 5. The molecule has 0 radical (unpaired) electrons. The number of benzene rings is 1. The zero-order chi connectivity index (χ0) is 28.7. The first-order chi connectivity index (χ1) is 19.7. The minimum absolute atomic E-state index is 0.0875. The van der Waals surface area contributed by atoms with Crippen LogP contribution >= 0.6 is 0 Å². The summed E-state index contributed by atoms with van der Waals surface area (Å²) < 4.78 is 48.6. The second-order valence-electron chi connectivity index (χ2n) is 10.9. The summed E-state index contributed by atoms with van der Waals surface area (Å²) in [6.45, 7) is 4.13. The fourth-order valence-corrected chi connectivity index (χ4v) is 5.98. The smallest absolute Gasteiger partial charge is 0.379 e. The van der Waals surface area contributed by atoms with Crippen LogP contribution < -0.4 is 5.32 Å². The molecule has 0 saturated carbocycles. The number of aryl methyl sites for hydroxylation is 1. The Morgan fingerprint density at radius 3 is 2.71 bits per heavy atom. The van der Waals surface area contributed by atoms with Gasteiger partial charge in [0.1, 0.15) is 5.69 Å². The monoisotopic (exact) mass is 567 g/mol. The lowest BCUT2D eigenvalue weighted by atomic mass is 9.82. The van der Waals surface area contributed by atoms with Crippen molar-refractivity contribution in [2.75, 3.05) is 53.5 Å². The highest BCUT2D eigenvalue weighted by Crippen LogP contribution is 2.43. The molecule has 216 valence electrons. The molecular formula is C29H32F3N7O2. The van der Waals surface area contributed by atoms with Crippen LogP contribution in [-0.4, -0.2) is 95.4 Å². The predicted molar refractivity (Wildman–Crippen MR) is 149 cm³/mol. The maximum atomic E-state index is 14.4. The van der Waals surface area contributed by atoms with Gasteiger partial charge >= 0.3 is 6.18 Å². The number of nitrogens with one attached hydrogen (secondary N) is 2. The Morgan fingerprint density at radius 1 is 1.20 bits per heavy atom. The van der Waals surface area contributed by atoms with Crippen LogP contribution in [-0.2, 0) is 23.8 Å². The first-order valence-electron chi connectivity index (χ1n) is 13.8. The molecule has 6 rings (SSSR count). The number of halogens is 3. The number of hydrogen-bond acceptors (Lipinski definition) is 7. The lowest BCUT2D eigenvalue weighted by Crippen LogP contribution is -2.46. The minimum atomic E-state index is -4.60. The van der Waals surface area contributed by atoms with Gasteiger partial charge in [0.2, 0.25) is 0 Å². The van der Waals surface area contributed by atoms with Crippen molar-refractivity contribution in [2.45, 2.75) is 31.5 Å². The van der Waals surface area contributed by atoms with Gasteiger partial charge in [-0.3, -0.25) is 19.8 Å². The van der Waals surface area contributed by atoms with Crippen molar-refractivity contribution >= 4 is 27.7 Å². The molecule has 4 aromatic rings. The Balaban J connectivity index is 1.47. The summed E-state index contributed by atoms with van der Waals surface area (Å²) >= 11 is 0. The number of aromatic nitrogens is 4. The van der Waals surface area contributed by atoms with Gasteiger partial charge in [0.15, 0.2) is 0 Å². The van der Waals surface area contributed by atoms with Gasteiger partial charge in [-0.2, -0.15) is 18.3 Å². The highest BCUT2D eigenvalue weighted by Gasteiger charge is 2.37. The predicted octanol–water partition coefficient (Wildman–Crippen LogP) is 3.67. The van der Waals surface area contributed by atoms with Gasteiger partial charge in [-0.15, -0.1) is 0 Å². The molecule has 1 aliphatic carbocycles. The van der Waals surface area contributed by atoms with E-state index >= 15 is 0 Å². The normalized spacial score (nSPS) is 18.2. The van der Waals surface area contributed by atoms with Crippen LogP contribution in [0, 0.1) is 0 Å². The molecule has 0 spiro atoms. The topological polar surface area (TPSA) is 99.3 Å². The first kappa shape index (κ1) is 27.6. The van der Waals surface area contributed by atoms with Crippen LogP contribution in [0.2, 0.25) is 0 Å². The second kappa shape index (κ2) is 11.0. The molecule has 1 saturated heterocycles. The van der Waals surface area contributed by atoms with E-state index in [2.05, 4.69) is 25.4 Å². The molecule has 41 heavy (non-hydrogen) atoms. The average molecular weight is 568 g/mol. The third-order valence-electron chi connectivity index (χ3n) is 8.04. The fraction of sp³-hybridized carbons (Fsp3) is 0.448. The number of H-pyrrole nitrogens is 1. The van der Waals surface area contributed by atoms with E-state index in [1.165, 1.54) is 6.20 Å². The van der Waals surface area contributed by atoms with Crippen molar-refractivity contribution in [1.29, 1.82) is 0 Å². The number of carbonyl (C=O) groups excluding carboxylic acids is 1. The number of rotatable bonds is 6. The van der Waals surface area contributed by atoms with Crippen LogP contribution in [0.15, 0.2) is 30.6 Å². The molecule has 1 atom stereocenters. The van der Waals surface area contributed by atoms with E-state index in [0.29, 0.717) is 66.7 Å². The van der Waals surface area contributed by atoms with Gasteiger partial charge in [0.05, 0.1) is 41.7 Å². The molecule has 12 heteroatoms. The highest BCUT2D eigenvalue weighted by molar-refractivity contribution is 6.09. The Labute approximate surface area is 235 Å². The number of ether oxygens (including phenoxy) is 1. The van der Waals surface area contributed by atoms with Crippen LogP contribution in [0.3, 0.4) is 0 Å². The van der Waals surface area contributed by atoms with E-state index in [9.17, 15) is 18.0 Å². The number of alkyl halides is 3. The number of hydrogen-bond donors (Lipinski definition) is 2. The summed E-state index contributed by atoms with van der Waals surface area (Å²) in [4.78, 5) is 26.1. The maximum absolute atomic E-state index is 14.4. The van der Waals surface area contributed by atoms with Crippen molar-refractivity contribution in [3.63, 3.8) is 0 Å². The third-order valence-corrected chi connectivity index (χ3v) is 8.04. The number of morpholine rings is 1. The number of aromatic amines is 1. The number of pyridine rings is 2. The van der Waals surface area contributed by atoms with Gasteiger partial charge in [-0.05, 0) is 62.7 Å². The van der Waals surface area contributed by atoms with E-state index in [1.54, 1.807) is 18.3 Å². The van der Waals surface area contributed by atoms with Crippen molar-refractivity contribution in [1.82, 2.24) is 35.3 Å². The van der Waals surface area contributed by atoms with Crippen LogP contribution in [0.5, 0.6) is 0 Å². The fourth-order valence-electron chi connectivity index (χ4n) is 5.98. The summed E-state index contributed by atoms with van der Waals surface area (Å²) in [7, 11) is 3.84. The van der Waals surface area contributed by atoms with Crippen molar-refractivity contribution in [3.05, 3.63) is 53.0 Å². The van der Waals surface area contributed by atoms with Crippen LogP contribution in [0.25, 0.3) is 33.1 Å². The molecule has 3 aromatic heterocycles. The Hall–Kier alpha value is -3.61. The zero-order valence-electron chi connectivity index (χ0n) is 23.0. The summed E-state index contributed by atoms with van der Waals surface area (Å²) in [5.74, 6) is -0.305. The minimum Gasteiger partial charge on any atom is -0.379 e. The largest absolute Gasteiger partial charge is 0.418 e. The summed E-state index contributed by atoms with van der Waals surface area (Å²) in [5, 5.41) is 10.8. The molecule has 1 unspecified atom stereocenters. The first-order valence-corrected chi connectivity index (χ1v) is 13.8. The van der Waals surface area contributed by atoms with Crippen LogP contribution in [0.4, 0.5) is 13.2 Å². The Morgan fingerprint density at radius 2 is 2.00 bits per heavy atom. The lowest BCUT2D eigenvalue weighted by molar-refractivity contribution is -0.136. The molecule has 1 aromatic carbocycles. The van der Waals surface area contributed by atoms with Crippen LogP contribution in [0.1, 0.15) is 33.6 Å². The second-order valence-corrected chi connectivity index (χ2v) is 10.9. The Kier molecular flexibility index (Phi) is 7.39. The van der Waals surface area contributed by atoms with E-state index in [-0.39, 0.29) is 23.2 Å². The van der Waals surface area contributed by atoms with Gasteiger partial charge in [0, 0.05) is 54.8 Å². The highest BCUT2D eigenvalue weighted by atomic mass is 19.4. The summed E-state index contributed by atoms with van der Waals surface area (Å²) in [6.07, 6.45) is 0.607. The van der Waals surface area contributed by atoms with Crippen molar-refractivity contribution in [3.8, 4) is 11.3 Å². The standard InChI is InChI=1S/C29H32F3N7O2/c1-38(2)8-7-33-28(40)23-6-3-17(15-34-23)26-20-13-18(39-9-11-41-12-10-39)4-5-19(20)25-21-16-35-37-24(21)14-22(27(25)36-26)29(30,31)32/h3,6,14-16,18H,4-5,7-13H2,1-2H3,(H,33,40)(H,35,37). The van der Waals surface area contributed by atoms with Gasteiger partial charge in [0.25, 0.3) is 5.91 Å². The van der Waals surface area contributed by atoms with E-state index in [0.717, 1.165) is 36.7 Å². The van der Waals surface area contributed by atoms with Gasteiger partial charge in [-0.25, -0.2) is 4.98 Å². The number of likely N-dealkylation sites (N-methyl/N-ethyl adjacent to an activating group) is 1. The van der Waals surface area contributed by atoms with Gasteiger partial charge < -0.3 is 15.0 Å². The summed E-state index contributed by atoms with van der Waals surface area (Å²) in [6, 6.07) is 4.65. The van der Waals surface area contributed by atoms with Crippen molar-refractivity contribution < 1.29 is 22.7 Å². The zero-order valence-corrected chi connectivity index (χ0v) is 23.0. The molecule has 4 heterocycles. The molecule has 2 N–H and O–H groups in total. The Bertz CT molecular complexity index is 1580. The molecular weight excluding hydrogens is 535 g/mol. The number of carbonyl (C=O) groups is 1. The van der Waals surface area contributed by atoms with E-state index in [4.69, 9.17) is 9.72 Å². The molecule has 2 aliphatic rings. The van der Waals surface area contributed by atoms with E-state index in [1.807, 2.05) is 19.0 Å². The number of amides is 1. The van der Waals surface area contributed by atoms with Gasteiger partial charge in [-0.1, -0.05) is 0 Å². The summed E-state index contributed by atoms with van der Waals surface area (Å²) in [5.41, 5.74) is 2.54. The average Bonchev–Trinajstić information content (AvgIpc) is 3.44. The molecule has 1 aliphatic heterocycles. The van der Waals surface area contributed by atoms with E-state index < -0.39 is 11.7 Å². The third kappa shape index (κ3) is 5.39.